The number of rotatable bonds is 14. The number of hydrogen-bond donors (Lipinski definition) is 4. The first-order valence-electron chi connectivity index (χ1n) is 27.3. The second-order valence-electron chi connectivity index (χ2n) is 27.5. The van der Waals surface area contributed by atoms with Crippen molar-refractivity contribution in [3.63, 3.8) is 0 Å². The molecule has 2 heterocycles. The normalized spacial score (nSPS) is 23.9. The maximum absolute atomic E-state index is 15.0. The summed E-state index contributed by atoms with van der Waals surface area (Å²) in [6.07, 6.45) is 5.43. The zero-order valence-corrected chi connectivity index (χ0v) is 53.5. The Bertz CT molecular complexity index is 2570. The molecule has 2 aliphatic carbocycles. The van der Waals surface area contributed by atoms with Crippen molar-refractivity contribution in [3.8, 4) is 0 Å². The number of carboxylic acids is 2. The predicted octanol–water partition coefficient (Wildman–Crippen LogP) is 13.4. The first-order chi connectivity index (χ1) is 34.8. The number of thioether (sulfide) groups is 1. The van der Waals surface area contributed by atoms with Gasteiger partial charge in [-0.25, -0.2) is 24.2 Å². The smallest absolute Gasteiger partial charge is 0.342 e. The van der Waals surface area contributed by atoms with Crippen LogP contribution in [0.25, 0.3) is 6.08 Å². The summed E-state index contributed by atoms with van der Waals surface area (Å²) in [5, 5.41) is 24.9. The number of aliphatic imine (C=N–C) groups is 1. The molecule has 1 aromatic heterocycles. The van der Waals surface area contributed by atoms with E-state index in [2.05, 4.69) is 108 Å². The summed E-state index contributed by atoms with van der Waals surface area (Å²) < 4.78 is 13.4. The Morgan fingerprint density at radius 1 is 0.675 bits per heavy atom. The summed E-state index contributed by atoms with van der Waals surface area (Å²) in [7, 11) is 0. The number of ether oxygens (including phenoxy) is 2. The number of carboxylic acid groups (broad SMARTS) is 2. The fourth-order valence-corrected chi connectivity index (χ4v) is 12.3. The molecule has 0 saturated heterocycles. The molecule has 2 saturated carbocycles. The van der Waals surface area contributed by atoms with Crippen LogP contribution in [-0.4, -0.2) is 69.7 Å². The van der Waals surface area contributed by atoms with Crippen molar-refractivity contribution in [3.05, 3.63) is 63.0 Å². The average Bonchev–Trinajstić information content (AvgIpc) is 3.74. The molecule has 5 rings (SSSR count). The van der Waals surface area contributed by atoms with Crippen molar-refractivity contribution in [2.75, 3.05) is 11.1 Å². The first-order valence-corrected chi connectivity index (χ1v) is 28.2. The molecule has 2 fully saturated rings. The van der Waals surface area contributed by atoms with Crippen LogP contribution in [0.5, 0.6) is 0 Å². The van der Waals surface area contributed by atoms with Gasteiger partial charge >= 0.3 is 23.9 Å². The molecule has 1 aliphatic heterocycles. The van der Waals surface area contributed by atoms with Crippen LogP contribution >= 0.6 is 11.8 Å². The van der Waals surface area contributed by atoms with Crippen LogP contribution in [-0.2, 0) is 43.3 Å². The molecule has 3 aliphatic rings. The molecular weight excluding hydrogens is 1050 g/mol. The number of hydrogen-bond acceptors (Lipinski definition) is 10. The molecule has 2 aromatic rings. The Morgan fingerprint density at radius 2 is 1.12 bits per heavy atom. The minimum absolute atomic E-state index is 0. The Labute approximate surface area is 476 Å². The number of amidine groups is 1. The quantitative estimate of drug-likeness (QED) is 0.0602. The van der Waals surface area contributed by atoms with Gasteiger partial charge in [0.1, 0.15) is 29.5 Å². The molecule has 77 heavy (non-hydrogen) atoms. The maximum atomic E-state index is 15.0. The molecular formula is C61H89N4O10SZn-. The SMILES string of the molecule is CC1=C(C(=O)OC2C(C(C)(C)C)CC(C)CC2C(C)(C)C)C(NC(=O)CCCCSc2cc(C(=O)O)cc(C(=O)O)c2)=N/C1=C\c1[n-]c(NC(=O)C(C)(C)C)c(C(=O)OC2C(C(C)(C)C)CC(C)CC2C(C)(C)C)c1C.[Zn]. The van der Waals surface area contributed by atoms with Gasteiger partial charge in [-0.3, -0.25) is 9.59 Å². The van der Waals surface area contributed by atoms with E-state index >= 15 is 0 Å². The first kappa shape index (κ1) is 65.0. The molecule has 422 valence electrons. The van der Waals surface area contributed by atoms with Crippen LogP contribution in [0.4, 0.5) is 5.82 Å². The summed E-state index contributed by atoms with van der Waals surface area (Å²) in [4.78, 5) is 91.1. The fourth-order valence-electron chi connectivity index (χ4n) is 11.3. The maximum Gasteiger partial charge on any atom is 0.342 e. The summed E-state index contributed by atoms with van der Waals surface area (Å²) in [5.41, 5.74) is 0.00363. The number of carbonyl (C=O) groups excluding carboxylic acids is 4. The van der Waals surface area contributed by atoms with Crippen LogP contribution < -0.4 is 15.6 Å². The van der Waals surface area contributed by atoms with E-state index in [1.807, 2.05) is 0 Å². The van der Waals surface area contributed by atoms with Crippen molar-refractivity contribution in [2.24, 2.45) is 67.6 Å². The van der Waals surface area contributed by atoms with Gasteiger partial charge in [0.05, 0.1) is 22.4 Å². The number of unbranched alkanes of at least 4 members (excludes halogenated alkanes) is 1. The van der Waals surface area contributed by atoms with Gasteiger partial charge in [0.2, 0.25) is 5.91 Å². The van der Waals surface area contributed by atoms with Gasteiger partial charge in [-0.05, 0) is 139 Å². The monoisotopic (exact) mass is 1130 g/mol. The van der Waals surface area contributed by atoms with Crippen LogP contribution in [0.3, 0.4) is 0 Å². The third-order valence-electron chi connectivity index (χ3n) is 15.9. The van der Waals surface area contributed by atoms with Crippen LogP contribution in [0.2, 0.25) is 0 Å². The summed E-state index contributed by atoms with van der Waals surface area (Å²) in [5.74, 6) is -2.72. The van der Waals surface area contributed by atoms with E-state index in [1.165, 1.54) is 23.9 Å². The Hall–Kier alpha value is -4.56. The van der Waals surface area contributed by atoms with Gasteiger partial charge in [-0.15, -0.1) is 11.8 Å². The predicted molar refractivity (Wildman–Crippen MR) is 301 cm³/mol. The number of amides is 2. The van der Waals surface area contributed by atoms with E-state index in [-0.39, 0.29) is 111 Å². The van der Waals surface area contributed by atoms with Gasteiger partial charge in [0.25, 0.3) is 0 Å². The largest absolute Gasteiger partial charge is 0.478 e. The van der Waals surface area contributed by atoms with Gasteiger partial charge in [-0.1, -0.05) is 118 Å². The summed E-state index contributed by atoms with van der Waals surface area (Å²) in [6.45, 7) is 39.6. The number of aromatic carboxylic acids is 2. The Morgan fingerprint density at radius 3 is 1.53 bits per heavy atom. The summed E-state index contributed by atoms with van der Waals surface area (Å²) in [6, 6.07) is 3.97. The van der Waals surface area contributed by atoms with Gasteiger partial charge < -0.3 is 35.3 Å². The number of allylic oxidation sites excluding steroid dienone is 1. The molecule has 4 atom stereocenters. The van der Waals surface area contributed by atoms with E-state index in [0.29, 0.717) is 57.9 Å². The van der Waals surface area contributed by atoms with E-state index in [0.717, 1.165) is 31.7 Å². The molecule has 0 bridgehead atoms. The molecule has 2 amide bonds. The Kier molecular flexibility index (Phi) is 21.0. The molecule has 0 radical (unpaired) electrons. The second kappa shape index (κ2) is 24.8. The minimum Gasteiger partial charge on any atom is -0.478 e. The van der Waals surface area contributed by atoms with Crippen LogP contribution in [0, 0.1) is 69.5 Å². The molecule has 1 aromatic carbocycles. The number of nitrogens with zero attached hydrogens (tertiary/aromatic N) is 2. The van der Waals surface area contributed by atoms with E-state index < -0.39 is 47.4 Å². The zero-order valence-electron chi connectivity index (χ0n) is 49.8. The van der Waals surface area contributed by atoms with Crippen molar-refractivity contribution in [1.82, 2.24) is 10.3 Å². The van der Waals surface area contributed by atoms with Crippen LogP contribution in [0.1, 0.15) is 212 Å². The zero-order chi connectivity index (χ0) is 57.4. The van der Waals surface area contributed by atoms with Crippen molar-refractivity contribution in [1.29, 1.82) is 0 Å². The third-order valence-corrected chi connectivity index (χ3v) is 17.0. The number of anilines is 1. The van der Waals surface area contributed by atoms with E-state index in [9.17, 15) is 39.0 Å². The second-order valence-corrected chi connectivity index (χ2v) is 28.7. The number of esters is 2. The standard InChI is InChI=1S/C61H90N4O10S.Zn/c1-32-24-39(57(5,6)7)48(40(25-32)58(8,9)10)74-54(71)46-34(3)43(62-50(46)64-45(66)22-20-21-23-76-38-29-36(52(67)68)28-37(30-38)53(69)70)31-44-35(4)47(51(63-44)65-56(73)61(17,18)19)55(72)75-49-41(59(11,12)13)26-33(2)27-42(49)60(14,15)16;/h28-33,39-42,48-49H,20-27H2,1-19H3,(H5,62,63,64,65,66,67,68,69,70,71,72,73);/p-1. The topological polar surface area (TPSA) is 212 Å². The van der Waals surface area contributed by atoms with Gasteiger partial charge in [-0.2, -0.15) is 0 Å². The van der Waals surface area contributed by atoms with E-state index in [1.54, 1.807) is 40.7 Å². The number of aromatic nitrogens is 1. The molecule has 4 unspecified atom stereocenters. The Balaban J connectivity index is 0.0000128. The van der Waals surface area contributed by atoms with Crippen LogP contribution in [0.15, 0.2) is 44.9 Å². The molecule has 16 heteroatoms. The molecule has 14 nitrogen and oxygen atoms in total. The fraction of sp³-hybridized carbons (Fsp3) is 0.656. The van der Waals surface area contributed by atoms with Crippen molar-refractivity contribution in [2.45, 2.75) is 194 Å². The molecule has 0 spiro atoms. The van der Waals surface area contributed by atoms with Gasteiger partial charge in [0, 0.05) is 59.9 Å². The number of nitrogens with one attached hydrogen (secondary N) is 2. The molecule has 4 N–H and O–H groups in total. The summed E-state index contributed by atoms with van der Waals surface area (Å²) >= 11 is 1.30. The number of benzene rings is 1. The number of carbonyl (C=O) groups is 6. The minimum atomic E-state index is -1.23. The van der Waals surface area contributed by atoms with Crippen molar-refractivity contribution < 1.29 is 67.9 Å². The van der Waals surface area contributed by atoms with E-state index in [4.69, 9.17) is 19.5 Å². The third kappa shape index (κ3) is 16.3. The van der Waals surface area contributed by atoms with Crippen molar-refractivity contribution >= 4 is 65.2 Å². The van der Waals surface area contributed by atoms with Gasteiger partial charge in [0.15, 0.2) is 0 Å². The average molecular weight is 1140 g/mol.